The summed E-state index contributed by atoms with van der Waals surface area (Å²) < 4.78 is 0. The van der Waals surface area contributed by atoms with Crippen LogP contribution in [0.25, 0.3) is 0 Å². The first kappa shape index (κ1) is 18.5. The van der Waals surface area contributed by atoms with Crippen molar-refractivity contribution >= 4 is 17.3 Å². The summed E-state index contributed by atoms with van der Waals surface area (Å²) in [6, 6.07) is 12.1. The van der Waals surface area contributed by atoms with Crippen LogP contribution in [0.4, 0.5) is 0 Å². The van der Waals surface area contributed by atoms with Crippen molar-refractivity contribution in [3.8, 4) is 11.5 Å². The molecule has 3 N–H and O–H groups in total. The first-order chi connectivity index (χ1) is 12.6. The third kappa shape index (κ3) is 4.47. The van der Waals surface area contributed by atoms with Gasteiger partial charge in [0.2, 0.25) is 0 Å². The van der Waals surface area contributed by atoms with Crippen molar-refractivity contribution in [3.63, 3.8) is 0 Å². The third-order valence-electron chi connectivity index (χ3n) is 4.94. The predicted molar refractivity (Wildman–Crippen MR) is 109 cm³/mol. The second kappa shape index (κ2) is 8.41. The van der Waals surface area contributed by atoms with Gasteiger partial charge in [0.1, 0.15) is 0 Å². The number of aryl methyl sites for hydroxylation is 2. The molecule has 26 heavy (non-hydrogen) atoms. The molecule has 0 aromatic heterocycles. The molecule has 0 unspecified atom stereocenters. The minimum absolute atomic E-state index is 0.0491. The number of hydrogen-bond acceptors (Lipinski definition) is 3. The van der Waals surface area contributed by atoms with Gasteiger partial charge in [-0.15, -0.1) is 0 Å². The van der Waals surface area contributed by atoms with E-state index in [1.54, 1.807) is 12.1 Å². The lowest BCUT2D eigenvalue weighted by molar-refractivity contribution is 0.397. The van der Waals surface area contributed by atoms with Gasteiger partial charge < -0.3 is 20.4 Å². The summed E-state index contributed by atoms with van der Waals surface area (Å²) in [5.41, 5.74) is 4.77. The van der Waals surface area contributed by atoms with E-state index in [1.165, 1.54) is 11.1 Å². The second-order valence-corrected chi connectivity index (χ2v) is 7.17. The smallest absolute Gasteiger partial charge is 0.169 e. The molecule has 0 spiro atoms. The molecule has 1 aliphatic heterocycles. The minimum atomic E-state index is -0.0694. The Kier molecular flexibility index (Phi) is 5.99. The van der Waals surface area contributed by atoms with Gasteiger partial charge in [0, 0.05) is 19.6 Å². The van der Waals surface area contributed by atoms with Crippen LogP contribution in [0.15, 0.2) is 36.4 Å². The molecule has 0 bridgehead atoms. The van der Waals surface area contributed by atoms with Gasteiger partial charge in [-0.25, -0.2) is 0 Å². The number of hydrogen-bond donors (Lipinski definition) is 3. The SMILES string of the molecule is CCc1ccc(CCNC(=S)N2CCCc3cc(O)c(O)cc3C2)cc1. The van der Waals surface area contributed by atoms with E-state index < -0.39 is 0 Å². The fourth-order valence-corrected chi connectivity index (χ4v) is 3.59. The molecule has 0 atom stereocenters. The highest BCUT2D eigenvalue weighted by atomic mass is 32.1. The molecular weight excluding hydrogens is 344 g/mol. The number of fused-ring (bicyclic) bond motifs is 1. The van der Waals surface area contributed by atoms with Crippen LogP contribution >= 0.6 is 12.2 Å². The Morgan fingerprint density at radius 2 is 1.73 bits per heavy atom. The topological polar surface area (TPSA) is 55.7 Å². The summed E-state index contributed by atoms with van der Waals surface area (Å²) >= 11 is 5.58. The Balaban J connectivity index is 1.56. The lowest BCUT2D eigenvalue weighted by atomic mass is 10.0. The maximum absolute atomic E-state index is 9.78. The van der Waals surface area contributed by atoms with E-state index in [4.69, 9.17) is 12.2 Å². The fraction of sp³-hybridized carbons (Fsp3) is 0.381. The molecule has 2 aromatic carbocycles. The lowest BCUT2D eigenvalue weighted by Crippen LogP contribution is -2.40. The third-order valence-corrected chi connectivity index (χ3v) is 5.34. The quantitative estimate of drug-likeness (QED) is 0.568. The normalized spacial score (nSPS) is 13.8. The summed E-state index contributed by atoms with van der Waals surface area (Å²) in [5.74, 6) is -0.119. The van der Waals surface area contributed by atoms with E-state index in [0.29, 0.717) is 6.54 Å². The van der Waals surface area contributed by atoms with Crippen LogP contribution in [0.2, 0.25) is 0 Å². The van der Waals surface area contributed by atoms with Crippen molar-refractivity contribution < 1.29 is 10.2 Å². The van der Waals surface area contributed by atoms with Crippen LogP contribution in [0.3, 0.4) is 0 Å². The number of phenols is 2. The van der Waals surface area contributed by atoms with Crippen LogP contribution < -0.4 is 5.32 Å². The van der Waals surface area contributed by atoms with Gasteiger partial charge in [-0.2, -0.15) is 0 Å². The van der Waals surface area contributed by atoms with Gasteiger partial charge >= 0.3 is 0 Å². The highest BCUT2D eigenvalue weighted by Crippen LogP contribution is 2.31. The van der Waals surface area contributed by atoms with Crippen molar-refractivity contribution in [3.05, 3.63) is 58.7 Å². The highest BCUT2D eigenvalue weighted by molar-refractivity contribution is 7.80. The van der Waals surface area contributed by atoms with Crippen molar-refractivity contribution in [1.82, 2.24) is 10.2 Å². The second-order valence-electron chi connectivity index (χ2n) is 6.79. The molecule has 2 aromatic rings. The van der Waals surface area contributed by atoms with Gasteiger partial charge in [0.25, 0.3) is 0 Å². The Morgan fingerprint density at radius 1 is 1.08 bits per heavy atom. The van der Waals surface area contributed by atoms with Gasteiger partial charge in [0.15, 0.2) is 16.6 Å². The monoisotopic (exact) mass is 370 g/mol. The Hall–Kier alpha value is -2.27. The maximum Gasteiger partial charge on any atom is 0.169 e. The number of aromatic hydroxyl groups is 2. The molecule has 138 valence electrons. The lowest BCUT2D eigenvalue weighted by Gasteiger charge is -2.24. The molecule has 0 saturated carbocycles. The molecule has 3 rings (SSSR count). The Labute approximate surface area is 160 Å². The first-order valence-corrected chi connectivity index (χ1v) is 9.62. The van der Waals surface area contributed by atoms with Crippen molar-refractivity contribution in [2.24, 2.45) is 0 Å². The maximum atomic E-state index is 9.78. The van der Waals surface area contributed by atoms with E-state index in [1.807, 2.05) is 0 Å². The van der Waals surface area contributed by atoms with Gasteiger partial charge in [-0.1, -0.05) is 31.2 Å². The van der Waals surface area contributed by atoms with Crippen LogP contribution in [0, 0.1) is 0 Å². The van der Waals surface area contributed by atoms with Gasteiger partial charge in [0.05, 0.1) is 0 Å². The average Bonchev–Trinajstić information content (AvgIpc) is 2.85. The number of nitrogens with one attached hydrogen (secondary N) is 1. The summed E-state index contributed by atoms with van der Waals surface area (Å²) in [7, 11) is 0. The Bertz CT molecular complexity index is 774. The zero-order valence-electron chi connectivity index (χ0n) is 15.2. The summed E-state index contributed by atoms with van der Waals surface area (Å²) in [6.45, 7) is 4.48. The zero-order valence-corrected chi connectivity index (χ0v) is 16.0. The van der Waals surface area contributed by atoms with E-state index in [2.05, 4.69) is 41.4 Å². The van der Waals surface area contributed by atoms with Crippen molar-refractivity contribution in [2.75, 3.05) is 13.1 Å². The number of phenolic OH excluding ortho intramolecular Hbond substituents is 2. The van der Waals surface area contributed by atoms with Crippen molar-refractivity contribution in [2.45, 2.75) is 39.2 Å². The largest absolute Gasteiger partial charge is 0.504 e. The zero-order chi connectivity index (χ0) is 18.5. The van der Waals surface area contributed by atoms with Crippen LogP contribution in [0.5, 0.6) is 11.5 Å². The van der Waals surface area contributed by atoms with Crippen molar-refractivity contribution in [1.29, 1.82) is 0 Å². The van der Waals surface area contributed by atoms with E-state index in [9.17, 15) is 10.2 Å². The number of rotatable bonds is 4. The van der Waals surface area contributed by atoms with Gasteiger partial charge in [-0.05, 0) is 72.3 Å². The summed E-state index contributed by atoms with van der Waals surface area (Å²) in [5, 5.41) is 23.6. The van der Waals surface area contributed by atoms with Crippen LogP contribution in [-0.4, -0.2) is 33.3 Å². The molecule has 5 heteroatoms. The molecule has 1 heterocycles. The Morgan fingerprint density at radius 3 is 2.42 bits per heavy atom. The predicted octanol–water partition coefficient (Wildman–Crippen LogP) is 3.53. The van der Waals surface area contributed by atoms with E-state index in [0.717, 1.165) is 55.0 Å². The highest BCUT2D eigenvalue weighted by Gasteiger charge is 2.18. The standard InChI is InChI=1S/C21H26N2O2S/c1-2-15-5-7-16(8-6-15)9-10-22-21(26)23-11-3-4-17-12-19(24)20(25)13-18(17)14-23/h5-8,12-13,24-25H,2-4,9-11,14H2,1H3,(H,22,26). The molecule has 0 amide bonds. The van der Waals surface area contributed by atoms with Crippen LogP contribution in [-0.2, 0) is 25.8 Å². The number of thiocarbonyl (C=S) groups is 1. The first-order valence-electron chi connectivity index (χ1n) is 9.21. The van der Waals surface area contributed by atoms with Crippen LogP contribution in [0.1, 0.15) is 35.6 Å². The molecule has 0 radical (unpaired) electrons. The number of benzene rings is 2. The molecule has 1 aliphatic rings. The average molecular weight is 371 g/mol. The molecule has 0 fully saturated rings. The molecular formula is C21H26N2O2S. The minimum Gasteiger partial charge on any atom is -0.504 e. The molecule has 0 aliphatic carbocycles. The van der Waals surface area contributed by atoms with E-state index in [-0.39, 0.29) is 11.5 Å². The van der Waals surface area contributed by atoms with E-state index >= 15 is 0 Å². The molecule has 0 saturated heterocycles. The number of nitrogens with zero attached hydrogens (tertiary/aromatic N) is 1. The molecule has 4 nitrogen and oxygen atoms in total. The summed E-state index contributed by atoms with van der Waals surface area (Å²) in [6.07, 6.45) is 3.85. The fourth-order valence-electron chi connectivity index (χ4n) is 3.33. The summed E-state index contributed by atoms with van der Waals surface area (Å²) in [4.78, 5) is 2.14. The van der Waals surface area contributed by atoms with Gasteiger partial charge in [-0.3, -0.25) is 0 Å².